The summed E-state index contributed by atoms with van der Waals surface area (Å²) in [6.07, 6.45) is 4.02. The number of rotatable bonds is 5. The van der Waals surface area contributed by atoms with E-state index in [0.29, 0.717) is 12.1 Å². The van der Waals surface area contributed by atoms with Crippen molar-refractivity contribution in [2.24, 2.45) is 0 Å². The fourth-order valence-electron chi connectivity index (χ4n) is 2.09. The summed E-state index contributed by atoms with van der Waals surface area (Å²) in [6, 6.07) is 2.60. The standard InChI is InChI=1S/C15H24N2O/c1-10(2)16-9-14-11(3)8-12(4)17-15(14)18-13-6-5-7-13/h8,10,13,16H,5-7,9H2,1-4H3. The van der Waals surface area contributed by atoms with E-state index < -0.39 is 0 Å². The second kappa shape index (κ2) is 5.70. The molecule has 0 amide bonds. The number of aromatic nitrogens is 1. The van der Waals surface area contributed by atoms with Crippen LogP contribution in [0.4, 0.5) is 0 Å². The Balaban J connectivity index is 2.17. The fourth-order valence-corrected chi connectivity index (χ4v) is 2.09. The van der Waals surface area contributed by atoms with E-state index >= 15 is 0 Å². The predicted molar refractivity (Wildman–Crippen MR) is 74.0 cm³/mol. The largest absolute Gasteiger partial charge is 0.474 e. The van der Waals surface area contributed by atoms with E-state index in [1.54, 1.807) is 0 Å². The van der Waals surface area contributed by atoms with Gasteiger partial charge < -0.3 is 10.1 Å². The van der Waals surface area contributed by atoms with Crippen LogP contribution in [-0.2, 0) is 6.54 Å². The Labute approximate surface area is 110 Å². The van der Waals surface area contributed by atoms with Crippen LogP contribution < -0.4 is 10.1 Å². The third-order valence-electron chi connectivity index (χ3n) is 3.46. The summed E-state index contributed by atoms with van der Waals surface area (Å²) in [5.41, 5.74) is 3.52. The minimum absolute atomic E-state index is 0.386. The third-order valence-corrected chi connectivity index (χ3v) is 3.46. The normalized spacial score (nSPS) is 15.8. The lowest BCUT2D eigenvalue weighted by atomic mass is 9.96. The molecule has 1 aliphatic carbocycles. The summed E-state index contributed by atoms with van der Waals surface area (Å²) in [5.74, 6) is 0.838. The highest BCUT2D eigenvalue weighted by Crippen LogP contribution is 2.28. The molecule has 3 heteroatoms. The second-order valence-corrected chi connectivity index (χ2v) is 5.57. The van der Waals surface area contributed by atoms with Crippen molar-refractivity contribution in [2.45, 2.75) is 65.6 Å². The minimum atomic E-state index is 0.386. The summed E-state index contributed by atoms with van der Waals surface area (Å²) in [4.78, 5) is 4.57. The maximum atomic E-state index is 6.02. The first-order valence-electron chi connectivity index (χ1n) is 6.93. The van der Waals surface area contributed by atoms with Gasteiger partial charge in [-0.25, -0.2) is 4.98 Å². The summed E-state index contributed by atoms with van der Waals surface area (Å²) in [5, 5.41) is 3.45. The van der Waals surface area contributed by atoms with Crippen molar-refractivity contribution in [1.82, 2.24) is 10.3 Å². The number of nitrogens with one attached hydrogen (secondary N) is 1. The molecule has 0 atom stereocenters. The lowest BCUT2D eigenvalue weighted by Gasteiger charge is -2.27. The molecule has 1 aliphatic rings. The van der Waals surface area contributed by atoms with Gasteiger partial charge in [-0.3, -0.25) is 0 Å². The molecule has 1 fully saturated rings. The molecule has 1 aromatic heterocycles. The highest BCUT2D eigenvalue weighted by atomic mass is 16.5. The maximum Gasteiger partial charge on any atom is 0.218 e. The Morgan fingerprint density at radius 2 is 2.11 bits per heavy atom. The average molecular weight is 248 g/mol. The second-order valence-electron chi connectivity index (χ2n) is 5.57. The van der Waals surface area contributed by atoms with Crippen LogP contribution in [-0.4, -0.2) is 17.1 Å². The van der Waals surface area contributed by atoms with E-state index in [1.165, 1.54) is 30.4 Å². The van der Waals surface area contributed by atoms with Crippen LogP contribution in [0.1, 0.15) is 49.9 Å². The summed E-state index contributed by atoms with van der Waals surface area (Å²) in [6.45, 7) is 9.31. The Hall–Kier alpha value is -1.09. The molecule has 100 valence electrons. The molecule has 1 heterocycles. The van der Waals surface area contributed by atoms with Crippen molar-refractivity contribution in [3.8, 4) is 5.88 Å². The quantitative estimate of drug-likeness (QED) is 0.869. The first-order chi connectivity index (χ1) is 8.56. The zero-order valence-electron chi connectivity index (χ0n) is 11.9. The van der Waals surface area contributed by atoms with Gasteiger partial charge in [-0.05, 0) is 44.7 Å². The van der Waals surface area contributed by atoms with Crippen LogP contribution in [0.2, 0.25) is 0 Å². The van der Waals surface area contributed by atoms with Crippen LogP contribution in [0.15, 0.2) is 6.07 Å². The molecule has 0 radical (unpaired) electrons. The van der Waals surface area contributed by atoms with Gasteiger partial charge in [0.15, 0.2) is 0 Å². The molecule has 1 saturated carbocycles. The van der Waals surface area contributed by atoms with Crippen molar-refractivity contribution < 1.29 is 4.74 Å². The molecule has 2 rings (SSSR count). The number of nitrogens with zero attached hydrogens (tertiary/aromatic N) is 1. The number of pyridine rings is 1. The van der Waals surface area contributed by atoms with Crippen molar-refractivity contribution in [1.29, 1.82) is 0 Å². The van der Waals surface area contributed by atoms with E-state index in [4.69, 9.17) is 4.74 Å². The van der Waals surface area contributed by atoms with E-state index in [0.717, 1.165) is 18.1 Å². The van der Waals surface area contributed by atoms with E-state index in [-0.39, 0.29) is 0 Å². The molecule has 18 heavy (non-hydrogen) atoms. The van der Waals surface area contributed by atoms with Gasteiger partial charge in [0.1, 0.15) is 6.10 Å². The van der Waals surface area contributed by atoms with Gasteiger partial charge in [-0.1, -0.05) is 13.8 Å². The molecule has 0 unspecified atom stereocenters. The van der Waals surface area contributed by atoms with Gasteiger partial charge in [0.2, 0.25) is 5.88 Å². The maximum absolute atomic E-state index is 6.02. The van der Waals surface area contributed by atoms with Crippen LogP contribution in [0.25, 0.3) is 0 Å². The Kier molecular flexibility index (Phi) is 4.23. The van der Waals surface area contributed by atoms with Crippen molar-refractivity contribution in [3.05, 3.63) is 22.9 Å². The number of hydrogen-bond acceptors (Lipinski definition) is 3. The smallest absolute Gasteiger partial charge is 0.218 e. The molecular formula is C15H24N2O. The first kappa shape index (κ1) is 13.3. The monoisotopic (exact) mass is 248 g/mol. The van der Waals surface area contributed by atoms with Crippen LogP contribution in [0.5, 0.6) is 5.88 Å². The summed E-state index contributed by atoms with van der Waals surface area (Å²) >= 11 is 0. The fraction of sp³-hybridized carbons (Fsp3) is 0.667. The molecule has 0 saturated heterocycles. The van der Waals surface area contributed by atoms with E-state index in [1.807, 2.05) is 6.92 Å². The summed E-state index contributed by atoms with van der Waals surface area (Å²) < 4.78 is 6.02. The first-order valence-corrected chi connectivity index (χ1v) is 6.93. The van der Waals surface area contributed by atoms with Gasteiger partial charge in [0.25, 0.3) is 0 Å². The third kappa shape index (κ3) is 3.22. The minimum Gasteiger partial charge on any atom is -0.474 e. The predicted octanol–water partition coefficient (Wildman–Crippen LogP) is 3.13. The molecule has 1 N–H and O–H groups in total. The SMILES string of the molecule is Cc1cc(C)c(CNC(C)C)c(OC2CCC2)n1. The Morgan fingerprint density at radius 3 is 2.67 bits per heavy atom. The molecule has 3 nitrogen and oxygen atoms in total. The lowest BCUT2D eigenvalue weighted by Crippen LogP contribution is -2.27. The molecular weight excluding hydrogens is 224 g/mol. The highest BCUT2D eigenvalue weighted by molar-refractivity contribution is 5.36. The Bertz CT molecular complexity index is 411. The molecule has 0 bridgehead atoms. The van der Waals surface area contributed by atoms with Crippen molar-refractivity contribution in [2.75, 3.05) is 0 Å². The van der Waals surface area contributed by atoms with Gasteiger partial charge in [0, 0.05) is 23.8 Å². The zero-order chi connectivity index (χ0) is 13.1. The molecule has 0 aliphatic heterocycles. The number of aryl methyl sites for hydroxylation is 2. The van der Waals surface area contributed by atoms with Crippen LogP contribution in [0.3, 0.4) is 0 Å². The Morgan fingerprint density at radius 1 is 1.39 bits per heavy atom. The van der Waals surface area contributed by atoms with Gasteiger partial charge in [0.05, 0.1) is 0 Å². The van der Waals surface area contributed by atoms with Crippen LogP contribution in [0, 0.1) is 13.8 Å². The highest BCUT2D eigenvalue weighted by Gasteiger charge is 2.22. The molecule has 0 spiro atoms. The molecule has 1 aromatic rings. The van der Waals surface area contributed by atoms with Crippen LogP contribution >= 0.6 is 0 Å². The zero-order valence-corrected chi connectivity index (χ0v) is 11.9. The lowest BCUT2D eigenvalue weighted by molar-refractivity contribution is 0.113. The average Bonchev–Trinajstić information content (AvgIpc) is 2.21. The van der Waals surface area contributed by atoms with Crippen molar-refractivity contribution in [3.63, 3.8) is 0 Å². The molecule has 0 aromatic carbocycles. The van der Waals surface area contributed by atoms with Gasteiger partial charge in [-0.15, -0.1) is 0 Å². The van der Waals surface area contributed by atoms with Gasteiger partial charge >= 0.3 is 0 Å². The summed E-state index contributed by atoms with van der Waals surface area (Å²) in [7, 11) is 0. The number of ether oxygens (including phenoxy) is 1. The van der Waals surface area contributed by atoms with Gasteiger partial charge in [-0.2, -0.15) is 0 Å². The topological polar surface area (TPSA) is 34.1 Å². The van der Waals surface area contributed by atoms with E-state index in [2.05, 4.69) is 37.1 Å². The van der Waals surface area contributed by atoms with E-state index in [9.17, 15) is 0 Å². The number of hydrogen-bond donors (Lipinski definition) is 1. The van der Waals surface area contributed by atoms with Crippen molar-refractivity contribution >= 4 is 0 Å².